The van der Waals surface area contributed by atoms with E-state index in [2.05, 4.69) is 4.90 Å². The molecule has 1 fully saturated rings. The van der Waals surface area contributed by atoms with Crippen LogP contribution in [-0.4, -0.2) is 32.4 Å². The number of hydrogen-bond donors (Lipinski definition) is 0. The van der Waals surface area contributed by atoms with Gasteiger partial charge in [0.2, 0.25) is 10.0 Å². The summed E-state index contributed by atoms with van der Waals surface area (Å²) in [4.78, 5) is 1.89. The maximum Gasteiger partial charge on any atom is 0.246 e. The molecular weight excluding hydrogens is 569 g/mol. The molecule has 1 unspecified atom stereocenters. The van der Waals surface area contributed by atoms with Crippen LogP contribution in [0, 0.1) is 0 Å². The number of anilines is 1. The minimum absolute atomic E-state index is 0.0290. The predicted octanol–water partition coefficient (Wildman–Crippen LogP) is 7.86. The molecule has 1 heterocycles. The molecule has 0 aliphatic carbocycles. The number of nitrogens with zero attached hydrogens (tertiary/aromatic N) is 2. The van der Waals surface area contributed by atoms with E-state index in [9.17, 15) is 8.42 Å². The van der Waals surface area contributed by atoms with Crippen molar-refractivity contribution in [3.8, 4) is 0 Å². The molecule has 0 aromatic heterocycles. The topological polar surface area (TPSA) is 40.6 Å². The normalized spacial score (nSPS) is 17.4. The Hall–Kier alpha value is -0.890. The molecule has 0 amide bonds. The summed E-state index contributed by atoms with van der Waals surface area (Å²) in [6.45, 7) is 0.704. The van der Waals surface area contributed by atoms with Crippen LogP contribution in [0.5, 0.6) is 0 Å². The van der Waals surface area contributed by atoms with Gasteiger partial charge in [-0.1, -0.05) is 81.7 Å². The Morgan fingerprint density at radius 1 is 0.697 bits per heavy atom. The third-order valence-electron chi connectivity index (χ3n) is 5.38. The number of benzene rings is 3. The fourth-order valence-corrected chi connectivity index (χ4v) is 7.43. The molecule has 1 aliphatic rings. The van der Waals surface area contributed by atoms with Gasteiger partial charge in [-0.2, -0.15) is 4.31 Å². The molecule has 0 spiro atoms. The molecule has 3 aromatic carbocycles. The van der Waals surface area contributed by atoms with Crippen LogP contribution < -0.4 is 4.90 Å². The zero-order valence-corrected chi connectivity index (χ0v) is 22.1. The van der Waals surface area contributed by atoms with Crippen molar-refractivity contribution in [2.24, 2.45) is 0 Å². The lowest BCUT2D eigenvalue weighted by Gasteiger charge is -2.43. The second-order valence-corrected chi connectivity index (χ2v) is 11.8. The second-order valence-electron chi connectivity index (χ2n) is 7.42. The molecule has 0 saturated carbocycles. The smallest absolute Gasteiger partial charge is 0.246 e. The first kappa shape index (κ1) is 25.2. The quantitative estimate of drug-likeness (QED) is 0.313. The third-order valence-corrected chi connectivity index (χ3v) is 9.17. The van der Waals surface area contributed by atoms with Gasteiger partial charge in [-0.3, -0.25) is 0 Å². The minimum atomic E-state index is -4.01. The number of halogens is 6. The van der Waals surface area contributed by atoms with Gasteiger partial charge in [-0.05, 0) is 48.0 Å². The summed E-state index contributed by atoms with van der Waals surface area (Å²) in [7, 11) is -4.01. The zero-order chi connectivity index (χ0) is 23.9. The van der Waals surface area contributed by atoms with Crippen LogP contribution in [0.4, 0.5) is 5.69 Å². The lowest BCUT2D eigenvalue weighted by molar-refractivity contribution is 0.335. The van der Waals surface area contributed by atoms with E-state index in [4.69, 9.17) is 69.6 Å². The van der Waals surface area contributed by atoms with E-state index in [1.165, 1.54) is 16.4 Å². The standard InChI is InChI=1S/C22H16Cl6N2O2S/c23-14-3-1-13(2-4-14)21-12-29(7-8-30(21)20-6-5-15(24)9-17(20)26)33(31,32)22-18(27)10-16(25)11-19(22)28/h1-6,9-11,21H,7-8,12H2. The Balaban J connectivity index is 1.76. The summed E-state index contributed by atoms with van der Waals surface area (Å²) in [5.41, 5.74) is 1.62. The number of rotatable bonds is 4. The van der Waals surface area contributed by atoms with Gasteiger partial charge in [0.15, 0.2) is 0 Å². The number of sulfonamides is 1. The summed E-state index contributed by atoms with van der Waals surface area (Å²) >= 11 is 37.1. The van der Waals surface area contributed by atoms with E-state index in [1.807, 2.05) is 18.2 Å². The minimum Gasteiger partial charge on any atom is -0.361 e. The fourth-order valence-electron chi connectivity index (χ4n) is 3.85. The van der Waals surface area contributed by atoms with Gasteiger partial charge in [0.05, 0.1) is 26.8 Å². The largest absolute Gasteiger partial charge is 0.361 e. The van der Waals surface area contributed by atoms with Gasteiger partial charge in [-0.15, -0.1) is 0 Å². The Labute approximate surface area is 222 Å². The lowest BCUT2D eigenvalue weighted by Crippen LogP contribution is -2.50. The molecule has 0 bridgehead atoms. The molecule has 33 heavy (non-hydrogen) atoms. The molecule has 4 rings (SSSR count). The molecule has 0 radical (unpaired) electrons. The molecule has 174 valence electrons. The highest BCUT2D eigenvalue weighted by molar-refractivity contribution is 7.89. The maximum atomic E-state index is 13.6. The Morgan fingerprint density at radius 2 is 1.27 bits per heavy atom. The van der Waals surface area contributed by atoms with Crippen molar-refractivity contribution in [1.82, 2.24) is 4.31 Å². The second kappa shape index (κ2) is 10.00. The van der Waals surface area contributed by atoms with Crippen LogP contribution in [0.25, 0.3) is 0 Å². The average molecular weight is 585 g/mol. The molecule has 1 aliphatic heterocycles. The average Bonchev–Trinajstić information content (AvgIpc) is 2.73. The van der Waals surface area contributed by atoms with Crippen LogP contribution >= 0.6 is 69.6 Å². The summed E-state index contributed by atoms with van der Waals surface area (Å²) in [6, 6.07) is 14.9. The van der Waals surface area contributed by atoms with Crippen molar-refractivity contribution in [3.05, 3.63) is 90.3 Å². The Morgan fingerprint density at radius 3 is 1.88 bits per heavy atom. The highest BCUT2D eigenvalue weighted by Gasteiger charge is 2.37. The molecule has 1 saturated heterocycles. The van der Waals surface area contributed by atoms with Crippen molar-refractivity contribution in [2.75, 3.05) is 24.5 Å². The summed E-state index contributed by atoms with van der Waals surface area (Å²) in [5, 5.41) is 1.76. The van der Waals surface area contributed by atoms with Gasteiger partial charge < -0.3 is 4.90 Å². The Kier molecular flexibility index (Phi) is 7.64. The van der Waals surface area contributed by atoms with Gasteiger partial charge >= 0.3 is 0 Å². The zero-order valence-electron chi connectivity index (χ0n) is 16.8. The summed E-state index contributed by atoms with van der Waals surface area (Å²) < 4.78 is 28.5. The van der Waals surface area contributed by atoms with Crippen LogP contribution in [0.15, 0.2) is 59.5 Å². The maximum absolute atomic E-state index is 13.6. The Bertz CT molecular complexity index is 1280. The molecular formula is C22H16Cl6N2O2S. The van der Waals surface area contributed by atoms with Gasteiger partial charge in [0.1, 0.15) is 4.90 Å². The third kappa shape index (κ3) is 5.21. The summed E-state index contributed by atoms with van der Waals surface area (Å²) in [5.74, 6) is 0. The molecule has 1 atom stereocenters. The molecule has 0 N–H and O–H groups in total. The van der Waals surface area contributed by atoms with Crippen molar-refractivity contribution in [3.63, 3.8) is 0 Å². The van der Waals surface area contributed by atoms with E-state index in [1.54, 1.807) is 24.3 Å². The van der Waals surface area contributed by atoms with E-state index < -0.39 is 10.0 Å². The first-order valence-corrected chi connectivity index (χ1v) is 13.4. The molecule has 4 nitrogen and oxygen atoms in total. The van der Waals surface area contributed by atoms with Crippen LogP contribution in [0.1, 0.15) is 11.6 Å². The van der Waals surface area contributed by atoms with E-state index in [-0.39, 0.29) is 39.1 Å². The highest BCUT2D eigenvalue weighted by atomic mass is 35.5. The highest BCUT2D eigenvalue weighted by Crippen LogP contribution is 2.40. The predicted molar refractivity (Wildman–Crippen MR) is 138 cm³/mol. The molecule has 11 heteroatoms. The van der Waals surface area contributed by atoms with Crippen molar-refractivity contribution >= 4 is 85.3 Å². The SMILES string of the molecule is O=S(=O)(c1c(Cl)cc(Cl)cc1Cl)N1CCN(c2ccc(Cl)cc2Cl)C(c2ccc(Cl)cc2)C1. The number of hydrogen-bond acceptors (Lipinski definition) is 3. The van der Waals surface area contributed by atoms with E-state index >= 15 is 0 Å². The van der Waals surface area contributed by atoms with Gasteiger partial charge in [0, 0.05) is 34.7 Å². The number of piperazine rings is 1. The van der Waals surface area contributed by atoms with Gasteiger partial charge in [-0.25, -0.2) is 8.42 Å². The summed E-state index contributed by atoms with van der Waals surface area (Å²) in [6.07, 6.45) is 0. The van der Waals surface area contributed by atoms with Crippen LogP contribution in [0.2, 0.25) is 30.1 Å². The van der Waals surface area contributed by atoms with E-state index in [0.29, 0.717) is 21.6 Å². The van der Waals surface area contributed by atoms with Crippen molar-refractivity contribution in [2.45, 2.75) is 10.9 Å². The first-order valence-electron chi connectivity index (χ1n) is 9.70. The van der Waals surface area contributed by atoms with Crippen molar-refractivity contribution in [1.29, 1.82) is 0 Å². The first-order chi connectivity index (χ1) is 15.6. The van der Waals surface area contributed by atoms with Crippen LogP contribution in [-0.2, 0) is 10.0 Å². The van der Waals surface area contributed by atoms with Crippen LogP contribution in [0.3, 0.4) is 0 Å². The van der Waals surface area contributed by atoms with Gasteiger partial charge in [0.25, 0.3) is 0 Å². The lowest BCUT2D eigenvalue weighted by atomic mass is 10.0. The fraction of sp³-hybridized carbons (Fsp3) is 0.182. The monoisotopic (exact) mass is 582 g/mol. The van der Waals surface area contributed by atoms with Crippen molar-refractivity contribution < 1.29 is 8.42 Å². The van der Waals surface area contributed by atoms with E-state index in [0.717, 1.165) is 11.3 Å². The molecule has 3 aromatic rings.